The molecule has 0 saturated carbocycles. The highest BCUT2D eigenvalue weighted by Gasteiger charge is 2.18. The summed E-state index contributed by atoms with van der Waals surface area (Å²) in [5.74, 6) is -1.38. The van der Waals surface area contributed by atoms with Gasteiger partial charge in [0.1, 0.15) is 5.82 Å². The van der Waals surface area contributed by atoms with Crippen LogP contribution in [0.3, 0.4) is 0 Å². The van der Waals surface area contributed by atoms with Gasteiger partial charge in [-0.2, -0.15) is 0 Å². The Bertz CT molecular complexity index is 695. The molecule has 0 spiro atoms. The summed E-state index contributed by atoms with van der Waals surface area (Å²) in [5, 5.41) is 10.1. The summed E-state index contributed by atoms with van der Waals surface area (Å²) in [6, 6.07) is 6.95. The topological polar surface area (TPSA) is 92.3 Å². The van der Waals surface area contributed by atoms with Gasteiger partial charge in [0.05, 0.1) is 7.11 Å². The van der Waals surface area contributed by atoms with Gasteiger partial charge in [0.25, 0.3) is 5.56 Å². The van der Waals surface area contributed by atoms with Crippen LogP contribution in [0.2, 0.25) is 5.02 Å². The first-order valence-corrected chi connectivity index (χ1v) is 6.04. The average Bonchev–Trinajstić information content (AvgIpc) is 2.44. The van der Waals surface area contributed by atoms with Gasteiger partial charge in [-0.1, -0.05) is 23.7 Å². The summed E-state index contributed by atoms with van der Waals surface area (Å²) in [7, 11) is 1.14. The van der Waals surface area contributed by atoms with Gasteiger partial charge in [-0.05, 0) is 17.7 Å². The lowest BCUT2D eigenvalue weighted by Gasteiger charge is -2.05. The van der Waals surface area contributed by atoms with Crippen LogP contribution in [0.25, 0.3) is 0 Å². The van der Waals surface area contributed by atoms with E-state index in [1.807, 2.05) is 0 Å². The molecule has 0 bridgehead atoms. The van der Waals surface area contributed by atoms with Gasteiger partial charge in [-0.25, -0.2) is 9.78 Å². The number of halogens is 1. The van der Waals surface area contributed by atoms with Crippen molar-refractivity contribution in [3.63, 3.8) is 0 Å². The third kappa shape index (κ3) is 2.97. The number of hydrogen-bond acceptors (Lipinski definition) is 5. The fourth-order valence-electron chi connectivity index (χ4n) is 1.63. The van der Waals surface area contributed by atoms with Crippen LogP contribution in [0.15, 0.2) is 29.1 Å². The number of aromatic hydroxyl groups is 1. The first-order valence-electron chi connectivity index (χ1n) is 5.66. The number of ether oxygens (including phenoxy) is 1. The number of methoxy groups -OCH3 is 1. The largest absolute Gasteiger partial charge is 0.501 e. The predicted octanol–water partition coefficient (Wildman–Crippen LogP) is 1.51. The molecule has 1 aromatic heterocycles. The van der Waals surface area contributed by atoms with Gasteiger partial charge >= 0.3 is 5.97 Å². The minimum atomic E-state index is -0.869. The van der Waals surface area contributed by atoms with Crippen molar-refractivity contribution in [1.29, 1.82) is 0 Å². The standard InChI is InChI=1S/C13H11ClN2O4/c1-20-13(19)10-11(17)12(18)16-9(15-10)6-7-2-4-8(14)5-3-7/h2-5,17H,6H2,1H3,(H,15,16,18). The molecule has 104 valence electrons. The first kappa shape index (κ1) is 14.1. The molecule has 0 aliphatic heterocycles. The normalized spacial score (nSPS) is 10.3. The average molecular weight is 295 g/mol. The molecule has 0 unspecified atom stereocenters. The molecule has 20 heavy (non-hydrogen) atoms. The number of carbonyl (C=O) groups is 1. The number of hydrogen-bond donors (Lipinski definition) is 2. The van der Waals surface area contributed by atoms with Crippen molar-refractivity contribution in [2.75, 3.05) is 7.11 Å². The maximum absolute atomic E-state index is 11.6. The highest BCUT2D eigenvalue weighted by atomic mass is 35.5. The minimum absolute atomic E-state index is 0.246. The Labute approximate surface area is 119 Å². The quantitative estimate of drug-likeness (QED) is 0.837. The number of H-pyrrole nitrogens is 1. The Kier molecular flexibility index (Phi) is 4.05. The number of esters is 1. The van der Waals surface area contributed by atoms with Crippen molar-refractivity contribution in [3.8, 4) is 5.75 Å². The van der Waals surface area contributed by atoms with E-state index < -0.39 is 23.0 Å². The Morgan fingerprint density at radius 2 is 2.05 bits per heavy atom. The SMILES string of the molecule is COC(=O)c1nc(Cc2ccc(Cl)cc2)[nH]c(=O)c1O. The lowest BCUT2D eigenvalue weighted by atomic mass is 10.1. The molecule has 0 atom stereocenters. The van der Waals surface area contributed by atoms with Crippen molar-refractivity contribution in [2.45, 2.75) is 6.42 Å². The third-order valence-corrected chi connectivity index (χ3v) is 2.86. The summed E-state index contributed by atoms with van der Waals surface area (Å²) in [6.07, 6.45) is 0.288. The van der Waals surface area contributed by atoms with Crippen molar-refractivity contribution in [1.82, 2.24) is 9.97 Å². The molecule has 0 aliphatic rings. The summed E-state index contributed by atoms with van der Waals surface area (Å²) >= 11 is 5.78. The highest BCUT2D eigenvalue weighted by molar-refractivity contribution is 6.30. The van der Waals surface area contributed by atoms with Gasteiger partial charge in [0.2, 0.25) is 5.75 Å². The van der Waals surface area contributed by atoms with Crippen molar-refractivity contribution >= 4 is 17.6 Å². The molecule has 0 saturated heterocycles. The van der Waals surface area contributed by atoms with Crippen LogP contribution >= 0.6 is 11.6 Å². The van der Waals surface area contributed by atoms with E-state index in [-0.39, 0.29) is 12.2 Å². The summed E-state index contributed by atoms with van der Waals surface area (Å²) < 4.78 is 4.46. The van der Waals surface area contributed by atoms with Gasteiger partial charge in [0.15, 0.2) is 5.69 Å². The molecule has 7 heteroatoms. The highest BCUT2D eigenvalue weighted by Crippen LogP contribution is 2.14. The zero-order valence-electron chi connectivity index (χ0n) is 10.5. The molecule has 0 aliphatic carbocycles. The van der Waals surface area contributed by atoms with E-state index in [0.29, 0.717) is 5.02 Å². The zero-order chi connectivity index (χ0) is 14.7. The van der Waals surface area contributed by atoms with Crippen LogP contribution in [0.5, 0.6) is 5.75 Å². The summed E-state index contributed by atoms with van der Waals surface area (Å²) in [6.45, 7) is 0. The van der Waals surface area contributed by atoms with Crippen molar-refractivity contribution in [3.05, 3.63) is 56.7 Å². The molecule has 2 N–H and O–H groups in total. The summed E-state index contributed by atoms with van der Waals surface area (Å²) in [5.41, 5.74) is -0.344. The van der Waals surface area contributed by atoms with Gasteiger partial charge in [-0.3, -0.25) is 4.79 Å². The molecular formula is C13H11ClN2O4. The molecule has 6 nitrogen and oxygen atoms in total. The van der Waals surface area contributed by atoms with E-state index in [4.69, 9.17) is 11.6 Å². The van der Waals surface area contributed by atoms with Crippen LogP contribution < -0.4 is 5.56 Å². The second-order valence-electron chi connectivity index (χ2n) is 4.00. The fourth-order valence-corrected chi connectivity index (χ4v) is 1.76. The molecular weight excluding hydrogens is 284 g/mol. The van der Waals surface area contributed by atoms with Gasteiger partial charge in [-0.15, -0.1) is 0 Å². The third-order valence-electron chi connectivity index (χ3n) is 2.61. The van der Waals surface area contributed by atoms with E-state index in [0.717, 1.165) is 12.7 Å². The Morgan fingerprint density at radius 3 is 2.65 bits per heavy atom. The van der Waals surface area contributed by atoms with Gasteiger partial charge < -0.3 is 14.8 Å². The van der Waals surface area contributed by atoms with Crippen LogP contribution in [0.4, 0.5) is 0 Å². The maximum atomic E-state index is 11.6. The molecule has 0 radical (unpaired) electrons. The number of aromatic amines is 1. The van der Waals surface area contributed by atoms with Crippen LogP contribution in [-0.4, -0.2) is 28.2 Å². The predicted molar refractivity (Wildman–Crippen MR) is 72.1 cm³/mol. The second kappa shape index (κ2) is 5.75. The van der Waals surface area contributed by atoms with Crippen molar-refractivity contribution < 1.29 is 14.6 Å². The zero-order valence-corrected chi connectivity index (χ0v) is 11.3. The molecule has 1 heterocycles. The Morgan fingerprint density at radius 1 is 1.40 bits per heavy atom. The second-order valence-corrected chi connectivity index (χ2v) is 4.44. The van der Waals surface area contributed by atoms with Crippen molar-refractivity contribution in [2.24, 2.45) is 0 Å². The van der Waals surface area contributed by atoms with E-state index in [9.17, 15) is 14.7 Å². The van der Waals surface area contributed by atoms with Crippen LogP contribution in [0, 0.1) is 0 Å². The van der Waals surface area contributed by atoms with E-state index in [1.54, 1.807) is 24.3 Å². The molecule has 1 aromatic carbocycles. The Balaban J connectivity index is 2.38. The number of rotatable bonds is 3. The number of benzene rings is 1. The maximum Gasteiger partial charge on any atom is 0.360 e. The van der Waals surface area contributed by atoms with Crippen LogP contribution in [0.1, 0.15) is 21.9 Å². The monoisotopic (exact) mass is 294 g/mol. The molecule has 2 rings (SSSR count). The van der Waals surface area contributed by atoms with Crippen LogP contribution in [-0.2, 0) is 11.2 Å². The van der Waals surface area contributed by atoms with E-state index in [1.165, 1.54) is 0 Å². The van der Waals surface area contributed by atoms with Gasteiger partial charge in [0, 0.05) is 11.4 Å². The lowest BCUT2D eigenvalue weighted by molar-refractivity contribution is 0.0589. The number of aromatic nitrogens is 2. The Hall–Kier alpha value is -2.34. The smallest absolute Gasteiger partial charge is 0.360 e. The molecule has 0 amide bonds. The fraction of sp³-hybridized carbons (Fsp3) is 0.154. The number of nitrogens with one attached hydrogen (secondary N) is 1. The first-order chi connectivity index (χ1) is 9.51. The summed E-state index contributed by atoms with van der Waals surface area (Å²) in [4.78, 5) is 29.3. The number of carbonyl (C=O) groups excluding carboxylic acids is 1. The lowest BCUT2D eigenvalue weighted by Crippen LogP contribution is -2.18. The molecule has 0 fully saturated rings. The minimum Gasteiger partial charge on any atom is -0.501 e. The van der Waals surface area contributed by atoms with E-state index >= 15 is 0 Å². The molecule has 2 aromatic rings. The number of nitrogens with zero attached hydrogens (tertiary/aromatic N) is 1. The van der Waals surface area contributed by atoms with E-state index in [2.05, 4.69) is 14.7 Å².